The molecule has 3 aromatic rings. The van der Waals surface area contributed by atoms with E-state index in [4.69, 9.17) is 4.42 Å². The lowest BCUT2D eigenvalue weighted by molar-refractivity contribution is 0.116. The van der Waals surface area contributed by atoms with Gasteiger partial charge in [-0.2, -0.15) is 8.78 Å². The minimum absolute atomic E-state index is 0.0765. The quantitative estimate of drug-likeness (QED) is 0.732. The molecule has 3 rings (SSSR count). The van der Waals surface area contributed by atoms with Crippen molar-refractivity contribution in [3.8, 4) is 11.5 Å². The number of nitrogens with zero attached hydrogens (tertiary/aromatic N) is 5. The van der Waals surface area contributed by atoms with Crippen LogP contribution >= 0.6 is 0 Å². The van der Waals surface area contributed by atoms with Crippen molar-refractivity contribution in [3.63, 3.8) is 0 Å². The third-order valence-corrected chi connectivity index (χ3v) is 2.64. The molecule has 1 aromatic carbocycles. The highest BCUT2D eigenvalue weighted by atomic mass is 19.3. The third kappa shape index (κ3) is 2.53. The van der Waals surface area contributed by atoms with Crippen LogP contribution in [0.3, 0.4) is 0 Å². The summed E-state index contributed by atoms with van der Waals surface area (Å²) in [5, 5.41) is 14.4. The average molecular weight is 277 g/mol. The lowest BCUT2D eigenvalue weighted by atomic mass is 10.1. The molecule has 0 atom stereocenters. The molecule has 0 amide bonds. The molecule has 0 saturated carbocycles. The van der Waals surface area contributed by atoms with Crippen LogP contribution in [0.5, 0.6) is 0 Å². The summed E-state index contributed by atoms with van der Waals surface area (Å²) in [5.41, 5.74) is 1.58. The van der Waals surface area contributed by atoms with E-state index in [2.05, 4.69) is 20.5 Å². The minimum Gasteiger partial charge on any atom is -0.415 e. The molecule has 0 unspecified atom stereocenters. The van der Waals surface area contributed by atoms with Gasteiger partial charge in [0.15, 0.2) is 0 Å². The van der Waals surface area contributed by atoms with E-state index in [1.807, 2.05) is 12.1 Å². The van der Waals surface area contributed by atoms with Crippen LogP contribution in [0, 0.1) is 0 Å². The second-order valence-electron chi connectivity index (χ2n) is 4.04. The molecule has 2 aromatic heterocycles. The predicted octanol–water partition coefficient (Wildman–Crippen LogP) is 2.31. The molecule has 8 heteroatoms. The number of rotatable bonds is 4. The van der Waals surface area contributed by atoms with E-state index >= 15 is 0 Å². The summed E-state index contributed by atoms with van der Waals surface area (Å²) in [6, 6.07) is 7.14. The molecule has 6 nitrogen and oxygen atoms in total. The Balaban J connectivity index is 1.78. The van der Waals surface area contributed by atoms with Crippen molar-refractivity contribution in [1.29, 1.82) is 0 Å². The van der Waals surface area contributed by atoms with Gasteiger partial charge in [0.25, 0.3) is 5.89 Å². The van der Waals surface area contributed by atoms with Gasteiger partial charge in [-0.25, -0.2) is 4.68 Å². The van der Waals surface area contributed by atoms with Gasteiger partial charge in [-0.3, -0.25) is 0 Å². The number of halogens is 2. The zero-order valence-electron chi connectivity index (χ0n) is 10.1. The van der Waals surface area contributed by atoms with Crippen LogP contribution in [-0.2, 0) is 6.54 Å². The summed E-state index contributed by atoms with van der Waals surface area (Å²) >= 11 is 0. The minimum atomic E-state index is -2.76. The van der Waals surface area contributed by atoms with Crippen molar-refractivity contribution in [2.75, 3.05) is 0 Å². The van der Waals surface area contributed by atoms with Crippen molar-refractivity contribution < 1.29 is 13.2 Å². The summed E-state index contributed by atoms with van der Waals surface area (Å²) in [4.78, 5) is 0. The number of hydrogen-bond acceptors (Lipinski definition) is 5. The van der Waals surface area contributed by atoms with Gasteiger partial charge in [-0.1, -0.05) is 17.3 Å². The van der Waals surface area contributed by atoms with Gasteiger partial charge in [-0.15, -0.1) is 15.3 Å². The highest BCUT2D eigenvalue weighted by molar-refractivity contribution is 5.52. The Morgan fingerprint density at radius 2 is 1.95 bits per heavy atom. The molecular weight excluding hydrogens is 268 g/mol. The van der Waals surface area contributed by atoms with Crippen LogP contribution in [0.25, 0.3) is 11.5 Å². The lowest BCUT2D eigenvalue weighted by Crippen LogP contribution is -2.00. The van der Waals surface area contributed by atoms with Crippen LogP contribution < -0.4 is 0 Å². The highest BCUT2D eigenvalue weighted by Gasteiger charge is 2.16. The Labute approximate surface area is 112 Å². The molecule has 102 valence electrons. The molecule has 0 fully saturated rings. The van der Waals surface area contributed by atoms with Crippen molar-refractivity contribution in [1.82, 2.24) is 25.2 Å². The first-order valence-corrected chi connectivity index (χ1v) is 5.77. The fourth-order valence-corrected chi connectivity index (χ4v) is 1.70. The summed E-state index contributed by atoms with van der Waals surface area (Å²) in [6.45, 7) is 0.576. The van der Waals surface area contributed by atoms with Gasteiger partial charge < -0.3 is 4.42 Å². The fraction of sp³-hybridized carbons (Fsp3) is 0.167. The van der Waals surface area contributed by atoms with E-state index in [1.54, 1.807) is 29.2 Å². The molecule has 0 aliphatic carbocycles. The van der Waals surface area contributed by atoms with Crippen LogP contribution in [0.1, 0.15) is 17.9 Å². The normalized spacial score (nSPS) is 11.2. The molecule has 20 heavy (non-hydrogen) atoms. The van der Waals surface area contributed by atoms with Crippen LogP contribution in [-0.4, -0.2) is 25.2 Å². The second kappa shape index (κ2) is 5.16. The van der Waals surface area contributed by atoms with E-state index in [0.29, 0.717) is 12.1 Å². The number of hydrogen-bond donors (Lipinski definition) is 0. The zero-order valence-corrected chi connectivity index (χ0v) is 10.1. The molecule has 0 aliphatic rings. The standard InChI is InChI=1S/C12H9F2N5O/c13-10(14)12-17-16-11(20-12)9-3-1-8(2-4-9)7-19-6-5-15-18-19/h1-6,10H,7H2. The van der Waals surface area contributed by atoms with Crippen molar-refractivity contribution >= 4 is 0 Å². The Kier molecular flexibility index (Phi) is 3.20. The first-order valence-electron chi connectivity index (χ1n) is 5.77. The summed E-state index contributed by atoms with van der Waals surface area (Å²) in [7, 11) is 0. The largest absolute Gasteiger partial charge is 0.415 e. The maximum Gasteiger partial charge on any atom is 0.314 e. The molecule has 0 radical (unpaired) electrons. The van der Waals surface area contributed by atoms with E-state index < -0.39 is 12.3 Å². The maximum absolute atomic E-state index is 12.4. The third-order valence-electron chi connectivity index (χ3n) is 2.64. The van der Waals surface area contributed by atoms with E-state index in [9.17, 15) is 8.78 Å². The summed E-state index contributed by atoms with van der Waals surface area (Å²) < 4.78 is 31.3. The Hall–Kier alpha value is -2.64. The van der Waals surface area contributed by atoms with Crippen LogP contribution in [0.4, 0.5) is 8.78 Å². The van der Waals surface area contributed by atoms with Crippen LogP contribution in [0.2, 0.25) is 0 Å². The van der Waals surface area contributed by atoms with Crippen molar-refractivity contribution in [3.05, 3.63) is 48.1 Å². The molecule has 0 N–H and O–H groups in total. The smallest absolute Gasteiger partial charge is 0.314 e. The van der Waals surface area contributed by atoms with Crippen LogP contribution in [0.15, 0.2) is 41.1 Å². The molecular formula is C12H9F2N5O. The lowest BCUT2D eigenvalue weighted by Gasteiger charge is -2.01. The van der Waals surface area contributed by atoms with Gasteiger partial charge in [0, 0.05) is 11.8 Å². The van der Waals surface area contributed by atoms with Crippen molar-refractivity contribution in [2.45, 2.75) is 13.0 Å². The Bertz CT molecular complexity index is 678. The molecule has 0 aliphatic heterocycles. The molecule has 2 heterocycles. The monoisotopic (exact) mass is 277 g/mol. The first kappa shape index (κ1) is 12.4. The topological polar surface area (TPSA) is 69.6 Å². The summed E-state index contributed by atoms with van der Waals surface area (Å²) in [6.07, 6.45) is 0.585. The molecule has 0 bridgehead atoms. The SMILES string of the molecule is FC(F)c1nnc(-c2ccc(Cn3ccnn3)cc2)o1. The number of benzene rings is 1. The van der Waals surface area contributed by atoms with Gasteiger partial charge in [0.2, 0.25) is 5.89 Å². The fourth-order valence-electron chi connectivity index (χ4n) is 1.70. The zero-order chi connectivity index (χ0) is 13.9. The van der Waals surface area contributed by atoms with Gasteiger partial charge in [0.05, 0.1) is 12.7 Å². The average Bonchev–Trinajstić information content (AvgIpc) is 3.10. The Morgan fingerprint density at radius 3 is 2.55 bits per heavy atom. The molecule has 0 spiro atoms. The van der Waals surface area contributed by atoms with Gasteiger partial charge in [-0.05, 0) is 17.7 Å². The number of alkyl halides is 2. The van der Waals surface area contributed by atoms with Gasteiger partial charge >= 0.3 is 6.43 Å². The highest BCUT2D eigenvalue weighted by Crippen LogP contribution is 2.23. The number of aromatic nitrogens is 5. The van der Waals surface area contributed by atoms with E-state index in [-0.39, 0.29) is 5.89 Å². The summed E-state index contributed by atoms with van der Waals surface area (Å²) in [5.74, 6) is -0.598. The van der Waals surface area contributed by atoms with Crippen molar-refractivity contribution in [2.24, 2.45) is 0 Å². The molecule has 0 saturated heterocycles. The predicted molar refractivity (Wildman–Crippen MR) is 63.8 cm³/mol. The van der Waals surface area contributed by atoms with E-state index in [0.717, 1.165) is 5.56 Å². The van der Waals surface area contributed by atoms with Gasteiger partial charge in [0.1, 0.15) is 0 Å². The Morgan fingerprint density at radius 1 is 1.15 bits per heavy atom. The maximum atomic E-state index is 12.4. The first-order chi connectivity index (χ1) is 9.72. The van der Waals surface area contributed by atoms with E-state index in [1.165, 1.54) is 0 Å². The second-order valence-corrected chi connectivity index (χ2v) is 4.04.